The molecule has 1 heterocycles. The third-order valence-corrected chi connectivity index (χ3v) is 5.05. The standard InChI is InChI=1S/C19H20N4O6S/c20-30(26,27)18-9-7-17(8-10-18)22-19(15-5-2-1-3-6-15)13-16(21-22)14-28-11-4-12-29-23(24)25/h1-3,5-10,13H,4,11-12,14H2,(H2,20,26,27). The summed E-state index contributed by atoms with van der Waals surface area (Å²) in [7, 11) is -3.79. The van der Waals surface area contributed by atoms with E-state index in [4.69, 9.17) is 9.88 Å². The lowest BCUT2D eigenvalue weighted by molar-refractivity contribution is -0.757. The number of primary sulfonamides is 1. The van der Waals surface area contributed by atoms with E-state index in [0.29, 0.717) is 17.8 Å². The first-order valence-corrected chi connectivity index (χ1v) is 10.5. The van der Waals surface area contributed by atoms with Crippen LogP contribution in [0.25, 0.3) is 16.9 Å². The second kappa shape index (κ2) is 9.48. The Morgan fingerprint density at radius 3 is 2.40 bits per heavy atom. The molecule has 0 bridgehead atoms. The summed E-state index contributed by atoms with van der Waals surface area (Å²) in [6.45, 7) is 0.456. The minimum absolute atomic E-state index is 0.0140. The van der Waals surface area contributed by atoms with Crippen LogP contribution in [0.1, 0.15) is 12.1 Å². The molecule has 0 aliphatic rings. The monoisotopic (exact) mass is 432 g/mol. The zero-order valence-electron chi connectivity index (χ0n) is 15.9. The fourth-order valence-electron chi connectivity index (χ4n) is 2.77. The number of hydrogen-bond donors (Lipinski definition) is 1. The zero-order chi connectivity index (χ0) is 21.6. The first kappa shape index (κ1) is 21.4. The number of nitrogens with two attached hydrogens (primary N) is 1. The highest BCUT2D eigenvalue weighted by atomic mass is 32.2. The Morgan fingerprint density at radius 2 is 1.77 bits per heavy atom. The Labute approximate surface area is 173 Å². The molecular weight excluding hydrogens is 412 g/mol. The summed E-state index contributed by atoms with van der Waals surface area (Å²) < 4.78 is 30.2. The van der Waals surface area contributed by atoms with Gasteiger partial charge in [0.1, 0.15) is 0 Å². The maximum atomic E-state index is 11.5. The van der Waals surface area contributed by atoms with Crippen molar-refractivity contribution < 1.29 is 23.1 Å². The van der Waals surface area contributed by atoms with Gasteiger partial charge in [-0.2, -0.15) is 5.10 Å². The van der Waals surface area contributed by atoms with E-state index in [2.05, 4.69) is 9.94 Å². The molecule has 0 unspecified atom stereocenters. The van der Waals surface area contributed by atoms with Crippen molar-refractivity contribution in [1.82, 2.24) is 9.78 Å². The van der Waals surface area contributed by atoms with Gasteiger partial charge in [0, 0.05) is 12.2 Å². The van der Waals surface area contributed by atoms with Crippen molar-refractivity contribution in [1.29, 1.82) is 0 Å². The second-order valence-corrected chi connectivity index (χ2v) is 7.86. The summed E-state index contributed by atoms with van der Waals surface area (Å²) in [5, 5.41) is 19.0. The minimum Gasteiger partial charge on any atom is -0.375 e. The number of nitrogens with zero attached hydrogens (tertiary/aromatic N) is 3. The van der Waals surface area contributed by atoms with Crippen LogP contribution in [0.4, 0.5) is 0 Å². The van der Waals surface area contributed by atoms with Gasteiger partial charge in [0.05, 0.1) is 35.2 Å². The van der Waals surface area contributed by atoms with Gasteiger partial charge in [0.25, 0.3) is 5.09 Å². The molecule has 0 amide bonds. The predicted octanol–water partition coefficient (Wildman–Crippen LogP) is 2.30. The summed E-state index contributed by atoms with van der Waals surface area (Å²) in [5.41, 5.74) is 3.03. The first-order valence-electron chi connectivity index (χ1n) is 8.97. The van der Waals surface area contributed by atoms with Crippen molar-refractivity contribution in [3.8, 4) is 16.9 Å². The summed E-state index contributed by atoms with van der Waals surface area (Å²) in [6, 6.07) is 17.6. The maximum absolute atomic E-state index is 11.5. The van der Waals surface area contributed by atoms with E-state index in [-0.39, 0.29) is 24.7 Å². The predicted molar refractivity (Wildman–Crippen MR) is 108 cm³/mol. The molecule has 10 nitrogen and oxygen atoms in total. The lowest BCUT2D eigenvalue weighted by Gasteiger charge is -2.08. The van der Waals surface area contributed by atoms with E-state index >= 15 is 0 Å². The highest BCUT2D eigenvalue weighted by molar-refractivity contribution is 7.89. The van der Waals surface area contributed by atoms with E-state index in [1.165, 1.54) is 12.1 Å². The van der Waals surface area contributed by atoms with Crippen molar-refractivity contribution in [2.24, 2.45) is 5.14 Å². The second-order valence-electron chi connectivity index (χ2n) is 6.30. The molecule has 0 aliphatic carbocycles. The van der Waals surface area contributed by atoms with Gasteiger partial charge in [0.15, 0.2) is 0 Å². The average molecular weight is 432 g/mol. The Balaban J connectivity index is 1.80. The van der Waals surface area contributed by atoms with E-state index in [1.54, 1.807) is 16.8 Å². The van der Waals surface area contributed by atoms with Crippen molar-refractivity contribution in [2.75, 3.05) is 13.2 Å². The molecule has 2 N–H and O–H groups in total. The fraction of sp³-hybridized carbons (Fsp3) is 0.211. The highest BCUT2D eigenvalue weighted by Gasteiger charge is 2.13. The topological polar surface area (TPSA) is 140 Å². The van der Waals surface area contributed by atoms with Gasteiger partial charge in [-0.3, -0.25) is 0 Å². The van der Waals surface area contributed by atoms with Gasteiger partial charge in [-0.05, 0) is 36.8 Å². The summed E-state index contributed by atoms with van der Waals surface area (Å²) >= 11 is 0. The molecule has 0 atom stereocenters. The number of sulfonamides is 1. The molecule has 30 heavy (non-hydrogen) atoms. The quantitative estimate of drug-likeness (QED) is 0.294. The molecule has 158 valence electrons. The van der Waals surface area contributed by atoms with Gasteiger partial charge in [0.2, 0.25) is 10.0 Å². The fourth-order valence-corrected chi connectivity index (χ4v) is 3.28. The smallest absolute Gasteiger partial charge is 0.294 e. The Bertz CT molecular complexity index is 1100. The number of hydrogen-bond acceptors (Lipinski definition) is 7. The molecule has 0 radical (unpaired) electrons. The molecule has 3 rings (SSSR count). The van der Waals surface area contributed by atoms with Crippen LogP contribution in [-0.4, -0.2) is 36.5 Å². The lowest BCUT2D eigenvalue weighted by atomic mass is 10.1. The molecule has 0 fully saturated rings. The summed E-state index contributed by atoms with van der Waals surface area (Å²) in [6.07, 6.45) is 0.377. The molecular formula is C19H20N4O6S. The molecule has 0 aliphatic heterocycles. The Kier molecular flexibility index (Phi) is 6.77. The molecule has 0 spiro atoms. The number of aromatic nitrogens is 2. The summed E-state index contributed by atoms with van der Waals surface area (Å²) in [4.78, 5) is 14.4. The van der Waals surface area contributed by atoms with Crippen molar-refractivity contribution in [2.45, 2.75) is 17.9 Å². The van der Waals surface area contributed by atoms with Crippen LogP contribution >= 0.6 is 0 Å². The zero-order valence-corrected chi connectivity index (χ0v) is 16.7. The number of ether oxygens (including phenoxy) is 1. The van der Waals surface area contributed by atoms with Gasteiger partial charge in [-0.1, -0.05) is 30.3 Å². The van der Waals surface area contributed by atoms with Crippen molar-refractivity contribution >= 4 is 10.0 Å². The van der Waals surface area contributed by atoms with Crippen molar-refractivity contribution in [3.63, 3.8) is 0 Å². The number of benzene rings is 2. The molecule has 2 aromatic carbocycles. The van der Waals surface area contributed by atoms with Gasteiger partial charge < -0.3 is 9.57 Å². The minimum atomic E-state index is -3.79. The first-order chi connectivity index (χ1) is 14.3. The van der Waals surface area contributed by atoms with Crippen molar-refractivity contribution in [3.05, 3.63) is 76.5 Å². The van der Waals surface area contributed by atoms with Gasteiger partial charge in [-0.25, -0.2) is 18.2 Å². The van der Waals surface area contributed by atoms with E-state index in [9.17, 15) is 18.5 Å². The van der Waals surface area contributed by atoms with E-state index in [1.807, 2.05) is 36.4 Å². The van der Waals surface area contributed by atoms with Crippen LogP contribution in [0.15, 0.2) is 65.6 Å². The molecule has 1 aromatic heterocycles. The molecule has 11 heteroatoms. The van der Waals surface area contributed by atoms with Gasteiger partial charge in [-0.15, -0.1) is 10.1 Å². The summed E-state index contributed by atoms with van der Waals surface area (Å²) in [5.74, 6) is 0. The number of rotatable bonds is 10. The average Bonchev–Trinajstić information content (AvgIpc) is 3.15. The SMILES string of the molecule is NS(=O)(=O)c1ccc(-n2nc(COCCCO[N+](=O)[O-])cc2-c2ccccc2)cc1. The largest absolute Gasteiger partial charge is 0.375 e. The van der Waals surface area contributed by atoms with Crippen LogP contribution in [-0.2, 0) is 26.2 Å². The van der Waals surface area contributed by atoms with Crippen LogP contribution < -0.4 is 5.14 Å². The third-order valence-electron chi connectivity index (χ3n) is 4.12. The van der Waals surface area contributed by atoms with Crippen LogP contribution in [0.5, 0.6) is 0 Å². The van der Waals surface area contributed by atoms with Crippen LogP contribution in [0, 0.1) is 10.1 Å². The highest BCUT2D eigenvalue weighted by Crippen LogP contribution is 2.25. The van der Waals surface area contributed by atoms with E-state index in [0.717, 1.165) is 11.3 Å². The molecule has 0 saturated heterocycles. The van der Waals surface area contributed by atoms with E-state index < -0.39 is 15.1 Å². The Hall–Kier alpha value is -3.28. The maximum Gasteiger partial charge on any atom is 0.294 e. The Morgan fingerprint density at radius 1 is 1.07 bits per heavy atom. The lowest BCUT2D eigenvalue weighted by Crippen LogP contribution is -2.12. The van der Waals surface area contributed by atoms with Crippen LogP contribution in [0.2, 0.25) is 0 Å². The molecule has 3 aromatic rings. The van der Waals surface area contributed by atoms with Crippen LogP contribution in [0.3, 0.4) is 0 Å². The third kappa shape index (κ3) is 5.63. The van der Waals surface area contributed by atoms with Gasteiger partial charge >= 0.3 is 0 Å². The normalized spacial score (nSPS) is 11.4. The molecule has 0 saturated carbocycles.